The van der Waals surface area contributed by atoms with E-state index in [1.807, 2.05) is 18.3 Å². The van der Waals surface area contributed by atoms with Crippen LogP contribution in [0.3, 0.4) is 0 Å². The number of fused-ring (bicyclic) bond motifs is 1. The van der Waals surface area contributed by atoms with Gasteiger partial charge in [-0.3, -0.25) is 0 Å². The third-order valence-corrected chi connectivity index (χ3v) is 4.60. The molecule has 0 saturated carbocycles. The first-order chi connectivity index (χ1) is 10.2. The van der Waals surface area contributed by atoms with E-state index in [-0.39, 0.29) is 6.79 Å². The van der Waals surface area contributed by atoms with Crippen LogP contribution in [0.2, 0.25) is 0 Å². The normalized spacial score (nSPS) is 14.2. The molecule has 1 unspecified atom stereocenters. The number of rotatable bonds is 5. The summed E-state index contributed by atoms with van der Waals surface area (Å²) in [6, 6.07) is 4.19. The zero-order chi connectivity index (χ0) is 14.8. The predicted molar refractivity (Wildman–Crippen MR) is 82.3 cm³/mol. The van der Waals surface area contributed by atoms with E-state index in [9.17, 15) is 0 Å². The van der Waals surface area contributed by atoms with Gasteiger partial charge in [0.15, 0.2) is 11.5 Å². The van der Waals surface area contributed by atoms with Gasteiger partial charge >= 0.3 is 0 Å². The minimum Gasteiger partial charge on any atom is -0.493 e. The number of hydrogen-bond donors (Lipinski definition) is 1. The number of nitrogens with zero attached hydrogens (tertiary/aromatic N) is 1. The van der Waals surface area contributed by atoms with E-state index in [1.165, 1.54) is 4.88 Å². The van der Waals surface area contributed by atoms with Crippen LogP contribution < -0.4 is 19.5 Å². The lowest BCUT2D eigenvalue weighted by atomic mass is 10.2. The van der Waals surface area contributed by atoms with Crippen LogP contribution in [-0.2, 0) is 0 Å². The molecule has 0 saturated heterocycles. The maximum atomic E-state index is 5.46. The van der Waals surface area contributed by atoms with Gasteiger partial charge in [-0.05, 0) is 25.6 Å². The van der Waals surface area contributed by atoms with Gasteiger partial charge in [0.25, 0.3) is 0 Å². The Morgan fingerprint density at radius 3 is 3.05 bits per heavy atom. The molecule has 2 aromatic rings. The second-order valence-electron chi connectivity index (χ2n) is 4.76. The number of aromatic nitrogens is 1. The van der Waals surface area contributed by atoms with Crippen molar-refractivity contribution in [3.05, 3.63) is 23.2 Å². The molecule has 1 aromatic heterocycles. The average Bonchev–Trinajstić information content (AvgIpc) is 3.15. The van der Waals surface area contributed by atoms with Gasteiger partial charge in [0.2, 0.25) is 12.5 Å². The van der Waals surface area contributed by atoms with E-state index in [2.05, 4.69) is 24.1 Å². The van der Waals surface area contributed by atoms with E-state index in [0.717, 1.165) is 17.1 Å². The van der Waals surface area contributed by atoms with E-state index < -0.39 is 0 Å². The lowest BCUT2D eigenvalue weighted by Crippen LogP contribution is -2.16. The van der Waals surface area contributed by atoms with Crippen LogP contribution in [0.5, 0.6) is 17.2 Å². The Kier molecular flexibility index (Phi) is 3.98. The molecule has 1 aliphatic rings. The minimum atomic E-state index is 0.232. The monoisotopic (exact) mass is 306 g/mol. The molecule has 1 aromatic carbocycles. The van der Waals surface area contributed by atoms with Crippen LogP contribution in [0.15, 0.2) is 18.3 Å². The largest absolute Gasteiger partial charge is 0.493 e. The van der Waals surface area contributed by atoms with Crippen LogP contribution >= 0.6 is 11.3 Å². The molecule has 6 heteroatoms. The van der Waals surface area contributed by atoms with Crippen molar-refractivity contribution in [2.75, 3.05) is 20.4 Å². The second-order valence-corrected chi connectivity index (χ2v) is 5.82. The first-order valence-corrected chi connectivity index (χ1v) is 7.71. The number of benzene rings is 1. The Balaban J connectivity index is 1.94. The van der Waals surface area contributed by atoms with Crippen molar-refractivity contribution >= 4 is 11.3 Å². The quantitative estimate of drug-likeness (QED) is 0.919. The minimum absolute atomic E-state index is 0.232. The van der Waals surface area contributed by atoms with Crippen molar-refractivity contribution in [3.63, 3.8) is 0 Å². The van der Waals surface area contributed by atoms with Crippen LogP contribution in [-0.4, -0.2) is 25.4 Å². The highest BCUT2D eigenvalue weighted by Gasteiger charge is 2.21. The lowest BCUT2D eigenvalue weighted by molar-refractivity contribution is 0.171. The van der Waals surface area contributed by atoms with Gasteiger partial charge in [-0.1, -0.05) is 6.92 Å². The third-order valence-electron chi connectivity index (χ3n) is 3.37. The van der Waals surface area contributed by atoms with Crippen molar-refractivity contribution in [3.8, 4) is 27.8 Å². The molecule has 0 fully saturated rings. The van der Waals surface area contributed by atoms with Crippen LogP contribution in [0.25, 0.3) is 10.6 Å². The molecular formula is C15H18N2O3S. The van der Waals surface area contributed by atoms with E-state index in [0.29, 0.717) is 23.3 Å². The topological polar surface area (TPSA) is 52.6 Å². The molecule has 5 nitrogen and oxygen atoms in total. The molecular weight excluding hydrogens is 288 g/mol. The molecule has 3 rings (SSSR count). The van der Waals surface area contributed by atoms with E-state index in [1.54, 1.807) is 18.4 Å². The fourth-order valence-corrected chi connectivity index (χ4v) is 3.21. The zero-order valence-corrected chi connectivity index (χ0v) is 13.1. The maximum absolute atomic E-state index is 5.46. The number of hydrogen-bond acceptors (Lipinski definition) is 6. The Morgan fingerprint density at radius 1 is 1.43 bits per heavy atom. The number of nitrogens with one attached hydrogen (secondary N) is 1. The summed E-state index contributed by atoms with van der Waals surface area (Å²) in [6.45, 7) is 5.41. The Morgan fingerprint density at radius 2 is 2.29 bits per heavy atom. The van der Waals surface area contributed by atoms with Gasteiger partial charge < -0.3 is 19.5 Å². The summed E-state index contributed by atoms with van der Waals surface area (Å²) in [5.41, 5.74) is 0.982. The van der Waals surface area contributed by atoms with Crippen LogP contribution in [0, 0.1) is 0 Å². The predicted octanol–water partition coefficient (Wildman–Crippen LogP) is 3.22. The highest BCUT2D eigenvalue weighted by atomic mass is 32.1. The summed E-state index contributed by atoms with van der Waals surface area (Å²) < 4.78 is 16.2. The molecule has 0 aliphatic carbocycles. The van der Waals surface area contributed by atoms with Gasteiger partial charge in [0, 0.05) is 22.7 Å². The highest BCUT2D eigenvalue weighted by molar-refractivity contribution is 7.15. The van der Waals surface area contributed by atoms with Gasteiger partial charge in [0.1, 0.15) is 5.01 Å². The molecule has 0 amide bonds. The molecule has 2 heterocycles. The van der Waals surface area contributed by atoms with Gasteiger partial charge in [-0.15, -0.1) is 11.3 Å². The first kappa shape index (κ1) is 14.2. The molecule has 21 heavy (non-hydrogen) atoms. The van der Waals surface area contributed by atoms with Gasteiger partial charge in [-0.2, -0.15) is 0 Å². The summed E-state index contributed by atoms with van der Waals surface area (Å²) in [7, 11) is 1.63. The summed E-state index contributed by atoms with van der Waals surface area (Å²) >= 11 is 1.67. The summed E-state index contributed by atoms with van der Waals surface area (Å²) in [5.74, 6) is 2.05. The lowest BCUT2D eigenvalue weighted by Gasteiger charge is -2.08. The average molecular weight is 306 g/mol. The fourth-order valence-electron chi connectivity index (χ4n) is 2.28. The molecule has 0 bridgehead atoms. The fraction of sp³-hybridized carbons (Fsp3) is 0.400. The van der Waals surface area contributed by atoms with Crippen molar-refractivity contribution in [1.29, 1.82) is 0 Å². The van der Waals surface area contributed by atoms with Crippen LogP contribution in [0.1, 0.15) is 24.8 Å². The second kappa shape index (κ2) is 5.91. The number of thiazole rings is 1. The van der Waals surface area contributed by atoms with Gasteiger partial charge in [-0.25, -0.2) is 4.98 Å². The van der Waals surface area contributed by atoms with Crippen molar-refractivity contribution in [2.45, 2.75) is 19.9 Å². The Labute approximate surface area is 127 Å². The highest BCUT2D eigenvalue weighted by Crippen LogP contribution is 2.44. The van der Waals surface area contributed by atoms with Crippen molar-refractivity contribution < 1.29 is 14.2 Å². The molecule has 112 valence electrons. The van der Waals surface area contributed by atoms with Gasteiger partial charge in [0.05, 0.1) is 7.11 Å². The molecule has 1 aliphatic heterocycles. The standard InChI is InChI=1S/C15H18N2O3S/c1-4-16-9(2)13-7-17-15(21-13)10-5-11(18-3)14-12(6-10)19-8-20-14/h5-7,9,16H,4,8H2,1-3H3. The van der Waals surface area contributed by atoms with E-state index >= 15 is 0 Å². The molecule has 1 atom stereocenters. The SMILES string of the molecule is CCNC(C)c1cnc(-c2cc(OC)c3c(c2)OCO3)s1. The summed E-state index contributed by atoms with van der Waals surface area (Å²) in [6.07, 6.45) is 1.92. The Bertz CT molecular complexity index is 642. The van der Waals surface area contributed by atoms with Crippen molar-refractivity contribution in [1.82, 2.24) is 10.3 Å². The summed E-state index contributed by atoms with van der Waals surface area (Å²) in [5, 5.41) is 4.34. The van der Waals surface area contributed by atoms with Crippen molar-refractivity contribution in [2.24, 2.45) is 0 Å². The Hall–Kier alpha value is -1.79. The molecule has 1 N–H and O–H groups in total. The maximum Gasteiger partial charge on any atom is 0.231 e. The molecule has 0 radical (unpaired) electrons. The van der Waals surface area contributed by atoms with Crippen LogP contribution in [0.4, 0.5) is 0 Å². The number of methoxy groups -OCH3 is 1. The third kappa shape index (κ3) is 2.69. The van der Waals surface area contributed by atoms with E-state index in [4.69, 9.17) is 14.2 Å². The smallest absolute Gasteiger partial charge is 0.231 e. The zero-order valence-electron chi connectivity index (χ0n) is 12.3. The summed E-state index contributed by atoms with van der Waals surface area (Å²) in [4.78, 5) is 5.73. The molecule has 0 spiro atoms. The first-order valence-electron chi connectivity index (χ1n) is 6.90. The number of ether oxygens (including phenoxy) is 3.